The summed E-state index contributed by atoms with van der Waals surface area (Å²) >= 11 is 2.19. The summed E-state index contributed by atoms with van der Waals surface area (Å²) in [7, 11) is 0. The summed E-state index contributed by atoms with van der Waals surface area (Å²) in [5.41, 5.74) is 4.56. The summed E-state index contributed by atoms with van der Waals surface area (Å²) in [6, 6.07) is 11.3. The average Bonchev–Trinajstić information content (AvgIpc) is 3.09. The maximum atomic E-state index is 13.6. The van der Waals surface area contributed by atoms with E-state index in [2.05, 4.69) is 34.5 Å². The summed E-state index contributed by atoms with van der Waals surface area (Å²) in [4.78, 5) is 26.8. The summed E-state index contributed by atoms with van der Waals surface area (Å²) in [6.45, 7) is 10.2. The number of hydrogen-bond acceptors (Lipinski definition) is 6. The molecule has 1 atom stereocenters. The van der Waals surface area contributed by atoms with Gasteiger partial charge in [0.2, 0.25) is 0 Å². The van der Waals surface area contributed by atoms with Gasteiger partial charge in [0.1, 0.15) is 6.61 Å². The van der Waals surface area contributed by atoms with Crippen LogP contribution in [0.25, 0.3) is 5.70 Å². The van der Waals surface area contributed by atoms with Gasteiger partial charge in [-0.1, -0.05) is 36.9 Å². The van der Waals surface area contributed by atoms with Crippen molar-refractivity contribution < 1.29 is 23.8 Å². The van der Waals surface area contributed by atoms with Crippen LogP contribution in [0.2, 0.25) is 0 Å². The van der Waals surface area contributed by atoms with Crippen molar-refractivity contribution >= 4 is 40.0 Å². The Kier molecular flexibility index (Phi) is 7.11. The average molecular weight is 571 g/mol. The minimum Gasteiger partial charge on any atom is -0.490 e. The quantitative estimate of drug-likeness (QED) is 0.261. The Morgan fingerprint density at radius 1 is 1.15 bits per heavy atom. The highest BCUT2D eigenvalue weighted by atomic mass is 127. The first-order valence-corrected chi connectivity index (χ1v) is 12.2. The molecule has 34 heavy (non-hydrogen) atoms. The van der Waals surface area contributed by atoms with Crippen LogP contribution in [0.1, 0.15) is 48.2 Å². The van der Waals surface area contributed by atoms with Crippen molar-refractivity contribution in [3.63, 3.8) is 0 Å². The van der Waals surface area contributed by atoms with Gasteiger partial charge in [0.15, 0.2) is 17.3 Å². The minimum atomic E-state index is -0.614. The predicted molar refractivity (Wildman–Crippen MR) is 139 cm³/mol. The Bertz CT molecular complexity index is 1240. The molecule has 0 saturated heterocycles. The largest absolute Gasteiger partial charge is 0.490 e. The zero-order chi connectivity index (χ0) is 24.4. The van der Waals surface area contributed by atoms with Gasteiger partial charge in [0, 0.05) is 28.3 Å². The van der Waals surface area contributed by atoms with E-state index in [9.17, 15) is 9.59 Å². The number of nitrogens with one attached hydrogen (secondary N) is 1. The summed E-state index contributed by atoms with van der Waals surface area (Å²) in [6.07, 6.45) is 1.67. The number of dihydropyridines is 1. The lowest BCUT2D eigenvalue weighted by Crippen LogP contribution is -2.29. The molecule has 1 heterocycles. The van der Waals surface area contributed by atoms with Crippen LogP contribution < -0.4 is 14.8 Å². The van der Waals surface area contributed by atoms with Gasteiger partial charge in [-0.3, -0.25) is 4.79 Å². The van der Waals surface area contributed by atoms with Crippen LogP contribution in [0.5, 0.6) is 11.5 Å². The Morgan fingerprint density at radius 2 is 1.88 bits per heavy atom. The van der Waals surface area contributed by atoms with E-state index in [-0.39, 0.29) is 12.4 Å². The molecule has 0 spiro atoms. The number of carbonyl (C=O) groups is 2. The molecule has 7 heteroatoms. The number of benzene rings is 2. The maximum Gasteiger partial charge on any atom is 0.336 e. The first-order chi connectivity index (χ1) is 16.4. The van der Waals surface area contributed by atoms with Gasteiger partial charge < -0.3 is 19.5 Å². The first-order valence-electron chi connectivity index (χ1n) is 11.2. The number of Topliss-reactive ketones (excluding diaryl/α,β-unsaturated/α-hetero) is 1. The van der Waals surface area contributed by atoms with Gasteiger partial charge in [-0.05, 0) is 61.1 Å². The second kappa shape index (κ2) is 10.0. The van der Waals surface area contributed by atoms with Gasteiger partial charge in [-0.15, -0.1) is 0 Å². The number of carbonyl (C=O) groups excluding carboxylic acids is 2. The van der Waals surface area contributed by atoms with Gasteiger partial charge in [0.25, 0.3) is 0 Å². The fourth-order valence-corrected chi connectivity index (χ4v) is 5.22. The molecule has 0 aromatic heterocycles. The molecule has 0 bridgehead atoms. The number of ether oxygens (including phenoxy) is 3. The molecule has 6 nitrogen and oxygen atoms in total. The van der Waals surface area contributed by atoms with Crippen molar-refractivity contribution in [3.8, 4) is 11.5 Å². The normalized spacial score (nSPS) is 16.6. The van der Waals surface area contributed by atoms with Crippen molar-refractivity contribution in [1.29, 1.82) is 0 Å². The standard InChI is InChI=1S/C27H26INO5/c1-5-12-34-26-19(28)13-16(14-20(26)32-6-2)22-21(27(31)33-7-3)15(4)29-24-17-10-8-9-11-18(17)25(30)23(22)24/h5,8-11,13-14,22,29H,1,6-7,12H2,2-4H3/t22-/m0/s1. The number of esters is 1. The van der Waals surface area contributed by atoms with Crippen LogP contribution in [-0.4, -0.2) is 31.6 Å². The smallest absolute Gasteiger partial charge is 0.336 e. The van der Waals surface area contributed by atoms with Gasteiger partial charge in [-0.25, -0.2) is 4.79 Å². The summed E-state index contributed by atoms with van der Waals surface area (Å²) in [5.74, 6) is -0.00843. The van der Waals surface area contributed by atoms with E-state index in [1.165, 1.54) is 0 Å². The topological polar surface area (TPSA) is 73.9 Å². The second-order valence-corrected chi connectivity index (χ2v) is 9.01. The van der Waals surface area contributed by atoms with Crippen LogP contribution in [0.4, 0.5) is 0 Å². The molecule has 4 rings (SSSR count). The third-order valence-electron chi connectivity index (χ3n) is 5.75. The lowest BCUT2D eigenvalue weighted by molar-refractivity contribution is -0.138. The number of fused-ring (bicyclic) bond motifs is 2. The highest BCUT2D eigenvalue weighted by molar-refractivity contribution is 14.1. The Labute approximate surface area is 212 Å². The molecule has 0 radical (unpaired) electrons. The van der Waals surface area contributed by atoms with E-state index < -0.39 is 11.9 Å². The molecule has 2 aliphatic rings. The number of halogens is 1. The molecule has 2 aromatic rings. The molecular weight excluding hydrogens is 545 g/mol. The lowest BCUT2D eigenvalue weighted by Gasteiger charge is -2.30. The summed E-state index contributed by atoms with van der Waals surface area (Å²) in [5, 5.41) is 3.32. The molecule has 0 unspecified atom stereocenters. The van der Waals surface area contributed by atoms with E-state index in [1.54, 1.807) is 13.0 Å². The van der Waals surface area contributed by atoms with Gasteiger partial charge in [0.05, 0.1) is 28.1 Å². The van der Waals surface area contributed by atoms with E-state index >= 15 is 0 Å². The third-order valence-corrected chi connectivity index (χ3v) is 6.56. The summed E-state index contributed by atoms with van der Waals surface area (Å²) < 4.78 is 18.0. The lowest BCUT2D eigenvalue weighted by atomic mass is 9.79. The number of hydrogen-bond donors (Lipinski definition) is 1. The second-order valence-electron chi connectivity index (χ2n) is 7.84. The molecule has 1 aliphatic heterocycles. The molecule has 0 fully saturated rings. The van der Waals surface area contributed by atoms with Crippen LogP contribution in [0.3, 0.4) is 0 Å². The molecule has 2 aromatic carbocycles. The van der Waals surface area contributed by atoms with Crippen molar-refractivity contribution in [2.24, 2.45) is 0 Å². The van der Waals surface area contributed by atoms with E-state index in [1.807, 2.05) is 50.2 Å². The van der Waals surface area contributed by atoms with Crippen molar-refractivity contribution in [3.05, 3.63) is 86.2 Å². The molecule has 0 saturated carbocycles. The van der Waals surface area contributed by atoms with Crippen LogP contribution >= 0.6 is 22.6 Å². The Balaban J connectivity index is 1.93. The zero-order valence-electron chi connectivity index (χ0n) is 19.4. The van der Waals surface area contributed by atoms with Crippen molar-refractivity contribution in [2.75, 3.05) is 19.8 Å². The highest BCUT2D eigenvalue weighted by Gasteiger charge is 2.43. The van der Waals surface area contributed by atoms with Gasteiger partial charge in [-0.2, -0.15) is 0 Å². The fourth-order valence-electron chi connectivity index (χ4n) is 4.44. The molecule has 176 valence electrons. The van der Waals surface area contributed by atoms with Crippen molar-refractivity contribution in [1.82, 2.24) is 5.32 Å². The first kappa shape index (κ1) is 24.1. The zero-order valence-corrected chi connectivity index (χ0v) is 21.5. The molecule has 1 aliphatic carbocycles. The van der Waals surface area contributed by atoms with E-state index in [4.69, 9.17) is 14.2 Å². The molecule has 0 amide bonds. The number of rotatable bonds is 8. The Hall–Kier alpha value is -3.07. The Morgan fingerprint density at radius 3 is 2.56 bits per heavy atom. The SMILES string of the molecule is C=CCOc1c(I)cc([C@H]2C(C(=O)OCC)=C(C)NC3=C2C(=O)c2ccccc23)cc1OCC. The minimum absolute atomic E-state index is 0.0997. The maximum absolute atomic E-state index is 13.6. The fraction of sp³-hybridized carbons (Fsp3) is 0.259. The monoisotopic (exact) mass is 571 g/mol. The predicted octanol–water partition coefficient (Wildman–Crippen LogP) is 5.39. The number of allylic oxidation sites excluding steroid dienone is 2. The van der Waals surface area contributed by atoms with E-state index in [0.717, 1.165) is 20.4 Å². The van der Waals surface area contributed by atoms with Gasteiger partial charge >= 0.3 is 5.97 Å². The van der Waals surface area contributed by atoms with Crippen molar-refractivity contribution in [2.45, 2.75) is 26.7 Å². The molecular formula is C27H26INO5. The van der Waals surface area contributed by atoms with Crippen LogP contribution in [0, 0.1) is 3.57 Å². The highest BCUT2D eigenvalue weighted by Crippen LogP contribution is 2.48. The third kappa shape index (κ3) is 4.13. The molecule has 1 N–H and O–H groups in total. The van der Waals surface area contributed by atoms with Crippen LogP contribution in [-0.2, 0) is 9.53 Å². The number of ketones is 1. The van der Waals surface area contributed by atoms with E-state index in [0.29, 0.717) is 47.1 Å². The van der Waals surface area contributed by atoms with Crippen LogP contribution in [0.15, 0.2) is 65.9 Å².